The molecule has 1 unspecified atom stereocenters. The Hall–Kier alpha value is -1.56. The largest absolute Gasteiger partial charge is 0.439 e. The number of hydrogen-bond donors (Lipinski definition) is 1. The number of fused-ring (bicyclic) bond motifs is 1. The number of nitrogens with zero attached hydrogens (tertiary/aromatic N) is 1. The van der Waals surface area contributed by atoms with Crippen LogP contribution in [-0.2, 0) is 6.18 Å². The van der Waals surface area contributed by atoms with Crippen LogP contribution in [0, 0.1) is 0 Å². The molecule has 1 heterocycles. The van der Waals surface area contributed by atoms with Crippen molar-refractivity contribution in [3.63, 3.8) is 0 Å². The summed E-state index contributed by atoms with van der Waals surface area (Å²) in [4.78, 5) is 3.89. The lowest BCUT2D eigenvalue weighted by Crippen LogP contribution is -2.05. The van der Waals surface area contributed by atoms with Gasteiger partial charge in [0, 0.05) is 0 Å². The van der Waals surface area contributed by atoms with Crippen molar-refractivity contribution in [1.29, 1.82) is 0 Å². The predicted octanol–water partition coefficient (Wildman–Crippen LogP) is 2.87. The molecule has 0 saturated heterocycles. The maximum atomic E-state index is 12.4. The molecule has 0 aliphatic heterocycles. The third-order valence-corrected chi connectivity index (χ3v) is 2.12. The smallest absolute Gasteiger partial charge is 0.416 e. The summed E-state index contributed by atoms with van der Waals surface area (Å²) in [6.07, 6.45) is -4.37. The van der Waals surface area contributed by atoms with Gasteiger partial charge in [-0.05, 0) is 25.1 Å². The van der Waals surface area contributed by atoms with Gasteiger partial charge in [-0.2, -0.15) is 13.2 Å². The van der Waals surface area contributed by atoms with Crippen molar-refractivity contribution in [2.24, 2.45) is 5.73 Å². The number of benzene rings is 1. The van der Waals surface area contributed by atoms with E-state index in [-0.39, 0.29) is 11.4 Å². The van der Waals surface area contributed by atoms with E-state index in [0.717, 1.165) is 12.1 Å². The number of rotatable bonds is 1. The Kier molecular flexibility index (Phi) is 2.38. The highest BCUT2D eigenvalue weighted by Crippen LogP contribution is 2.31. The molecular formula is C10H9F3N2O. The van der Waals surface area contributed by atoms with Gasteiger partial charge in [-0.1, -0.05) is 0 Å². The second-order valence-corrected chi connectivity index (χ2v) is 3.52. The van der Waals surface area contributed by atoms with Crippen LogP contribution < -0.4 is 5.73 Å². The zero-order chi connectivity index (χ0) is 11.9. The molecule has 6 heteroatoms. The first kappa shape index (κ1) is 10.9. The van der Waals surface area contributed by atoms with E-state index < -0.39 is 17.8 Å². The van der Waals surface area contributed by atoms with Crippen molar-refractivity contribution in [2.75, 3.05) is 0 Å². The highest BCUT2D eigenvalue weighted by molar-refractivity contribution is 5.73. The first-order chi connectivity index (χ1) is 7.38. The molecule has 0 radical (unpaired) electrons. The fraction of sp³-hybridized carbons (Fsp3) is 0.300. The molecule has 2 N–H and O–H groups in total. The molecule has 86 valence electrons. The molecule has 1 aromatic heterocycles. The van der Waals surface area contributed by atoms with Crippen molar-refractivity contribution in [3.05, 3.63) is 29.7 Å². The van der Waals surface area contributed by atoms with Crippen LogP contribution in [0.2, 0.25) is 0 Å². The Morgan fingerprint density at radius 3 is 2.62 bits per heavy atom. The van der Waals surface area contributed by atoms with E-state index in [1.807, 2.05) is 0 Å². The van der Waals surface area contributed by atoms with E-state index in [4.69, 9.17) is 10.2 Å². The lowest BCUT2D eigenvalue weighted by Gasteiger charge is -2.04. The fourth-order valence-corrected chi connectivity index (χ4v) is 1.32. The number of hydrogen-bond acceptors (Lipinski definition) is 3. The quantitative estimate of drug-likeness (QED) is 0.819. The minimum atomic E-state index is -4.37. The first-order valence-corrected chi connectivity index (χ1v) is 4.61. The number of nitrogens with two attached hydrogens (primary N) is 1. The van der Waals surface area contributed by atoms with Gasteiger partial charge >= 0.3 is 6.18 Å². The van der Waals surface area contributed by atoms with Gasteiger partial charge in [0.05, 0.1) is 11.6 Å². The summed E-state index contributed by atoms with van der Waals surface area (Å²) in [7, 11) is 0. The number of alkyl halides is 3. The average Bonchev–Trinajstić information content (AvgIpc) is 2.58. The van der Waals surface area contributed by atoms with Crippen LogP contribution in [0.1, 0.15) is 24.4 Å². The van der Waals surface area contributed by atoms with E-state index in [1.165, 1.54) is 6.07 Å². The number of aromatic nitrogens is 1. The minimum Gasteiger partial charge on any atom is -0.439 e. The zero-order valence-electron chi connectivity index (χ0n) is 8.38. The Morgan fingerprint density at radius 2 is 2.06 bits per heavy atom. The highest BCUT2D eigenvalue weighted by atomic mass is 19.4. The molecular weight excluding hydrogens is 221 g/mol. The van der Waals surface area contributed by atoms with Crippen LogP contribution >= 0.6 is 0 Å². The molecule has 1 aromatic carbocycles. The van der Waals surface area contributed by atoms with E-state index in [1.54, 1.807) is 6.92 Å². The second kappa shape index (κ2) is 3.48. The monoisotopic (exact) mass is 230 g/mol. The molecule has 0 aliphatic carbocycles. The predicted molar refractivity (Wildman–Crippen MR) is 51.6 cm³/mol. The van der Waals surface area contributed by atoms with Crippen molar-refractivity contribution in [3.8, 4) is 0 Å². The molecule has 0 spiro atoms. The summed E-state index contributed by atoms with van der Waals surface area (Å²) in [6.45, 7) is 1.65. The summed E-state index contributed by atoms with van der Waals surface area (Å²) >= 11 is 0. The van der Waals surface area contributed by atoms with Crippen LogP contribution in [0.3, 0.4) is 0 Å². The fourth-order valence-electron chi connectivity index (χ4n) is 1.32. The summed E-state index contributed by atoms with van der Waals surface area (Å²) in [5.41, 5.74) is 5.25. The lowest BCUT2D eigenvalue weighted by atomic mass is 10.2. The molecule has 0 aliphatic rings. The molecule has 3 nitrogen and oxygen atoms in total. The molecule has 0 amide bonds. The van der Waals surface area contributed by atoms with E-state index in [0.29, 0.717) is 5.58 Å². The van der Waals surface area contributed by atoms with Gasteiger partial charge in [0.25, 0.3) is 0 Å². The Balaban J connectivity index is 2.54. The molecule has 0 bridgehead atoms. The third kappa shape index (κ3) is 1.88. The van der Waals surface area contributed by atoms with Gasteiger partial charge < -0.3 is 10.2 Å². The summed E-state index contributed by atoms with van der Waals surface area (Å²) < 4.78 is 42.4. The summed E-state index contributed by atoms with van der Waals surface area (Å²) in [5.74, 6) is 0.231. The summed E-state index contributed by atoms with van der Waals surface area (Å²) in [5, 5.41) is 0. The van der Waals surface area contributed by atoms with Gasteiger partial charge in [0.15, 0.2) is 5.58 Å². The van der Waals surface area contributed by atoms with E-state index in [2.05, 4.69) is 4.98 Å². The van der Waals surface area contributed by atoms with Crippen molar-refractivity contribution in [2.45, 2.75) is 19.1 Å². The van der Waals surface area contributed by atoms with Crippen LogP contribution in [0.25, 0.3) is 11.1 Å². The molecule has 16 heavy (non-hydrogen) atoms. The standard InChI is InChI=1S/C10H9F3N2O/c1-5(14)9-15-7-4-6(10(11,12)13)2-3-8(7)16-9/h2-5H,14H2,1H3. The molecule has 2 rings (SSSR count). The van der Waals surface area contributed by atoms with Gasteiger partial charge in [-0.15, -0.1) is 0 Å². The van der Waals surface area contributed by atoms with E-state index in [9.17, 15) is 13.2 Å². The van der Waals surface area contributed by atoms with Crippen LogP contribution in [-0.4, -0.2) is 4.98 Å². The van der Waals surface area contributed by atoms with Crippen LogP contribution in [0.15, 0.2) is 22.6 Å². The third-order valence-electron chi connectivity index (χ3n) is 2.12. The summed E-state index contributed by atoms with van der Waals surface area (Å²) in [6, 6.07) is 2.71. The zero-order valence-corrected chi connectivity index (χ0v) is 8.38. The first-order valence-electron chi connectivity index (χ1n) is 4.61. The SMILES string of the molecule is CC(N)c1nc2cc(C(F)(F)F)ccc2o1. The second-order valence-electron chi connectivity index (χ2n) is 3.52. The van der Waals surface area contributed by atoms with Crippen molar-refractivity contribution < 1.29 is 17.6 Å². The normalized spacial score (nSPS) is 14.3. The van der Waals surface area contributed by atoms with Gasteiger partial charge in [-0.3, -0.25) is 0 Å². The Morgan fingerprint density at radius 1 is 1.38 bits per heavy atom. The minimum absolute atomic E-state index is 0.169. The van der Waals surface area contributed by atoms with Gasteiger partial charge in [-0.25, -0.2) is 4.98 Å². The average molecular weight is 230 g/mol. The molecule has 1 atom stereocenters. The number of oxazole rings is 1. The van der Waals surface area contributed by atoms with E-state index >= 15 is 0 Å². The Bertz CT molecular complexity index is 516. The maximum absolute atomic E-state index is 12.4. The van der Waals surface area contributed by atoms with Crippen molar-refractivity contribution in [1.82, 2.24) is 4.98 Å². The lowest BCUT2D eigenvalue weighted by molar-refractivity contribution is -0.137. The van der Waals surface area contributed by atoms with Crippen molar-refractivity contribution >= 4 is 11.1 Å². The molecule has 2 aromatic rings. The van der Waals surface area contributed by atoms with Gasteiger partial charge in [0.2, 0.25) is 5.89 Å². The highest BCUT2D eigenvalue weighted by Gasteiger charge is 2.31. The molecule has 0 fully saturated rings. The van der Waals surface area contributed by atoms with Gasteiger partial charge in [0.1, 0.15) is 5.52 Å². The van der Waals surface area contributed by atoms with Crippen LogP contribution in [0.5, 0.6) is 0 Å². The number of halogens is 3. The Labute approximate surface area is 89.1 Å². The van der Waals surface area contributed by atoms with Crippen LogP contribution in [0.4, 0.5) is 13.2 Å². The topological polar surface area (TPSA) is 52.0 Å². The molecule has 0 saturated carbocycles. The maximum Gasteiger partial charge on any atom is 0.416 e.